The number of hydrogen-bond donors (Lipinski definition) is 1. The number of unbranched alkanes of at least 4 members (excludes halogenated alkanes) is 6. The lowest BCUT2D eigenvalue weighted by Crippen LogP contribution is -2.32. The van der Waals surface area contributed by atoms with Crippen molar-refractivity contribution in [2.24, 2.45) is 0 Å². The predicted molar refractivity (Wildman–Crippen MR) is 78.6 cm³/mol. The van der Waals surface area contributed by atoms with E-state index in [1.165, 1.54) is 32.1 Å². The summed E-state index contributed by atoms with van der Waals surface area (Å²) in [5, 5.41) is 8.35. The second kappa shape index (κ2) is 13.8. The highest BCUT2D eigenvalue weighted by molar-refractivity contribution is 5.66. The van der Waals surface area contributed by atoms with Crippen LogP contribution in [0.2, 0.25) is 0 Å². The lowest BCUT2D eigenvalue weighted by molar-refractivity contribution is -0.137. The van der Waals surface area contributed by atoms with Crippen molar-refractivity contribution in [3.05, 3.63) is 0 Å². The first-order chi connectivity index (χ1) is 9.16. The van der Waals surface area contributed by atoms with Gasteiger partial charge in [-0.15, -0.1) is 0 Å². The quantitative estimate of drug-likeness (QED) is 0.690. The summed E-state index contributed by atoms with van der Waals surface area (Å²) in [7, 11) is 2.11. The molecule has 0 atom stereocenters. The number of nitrogens with zero attached hydrogens (tertiary/aromatic N) is 1. The SMILES string of the molecule is CCCCCCCCCC(=O)O.CN1CCOCC1. The Morgan fingerprint density at radius 2 is 1.58 bits per heavy atom. The molecule has 0 saturated carbocycles. The lowest BCUT2D eigenvalue weighted by Gasteiger charge is -2.21. The van der Waals surface area contributed by atoms with Crippen LogP contribution in [-0.2, 0) is 9.53 Å². The molecule has 1 rings (SSSR count). The van der Waals surface area contributed by atoms with E-state index in [1.807, 2.05) is 0 Å². The van der Waals surface area contributed by atoms with Crippen LogP contribution in [0.25, 0.3) is 0 Å². The van der Waals surface area contributed by atoms with Crippen LogP contribution >= 0.6 is 0 Å². The third kappa shape index (κ3) is 15.3. The molecule has 0 aromatic heterocycles. The lowest BCUT2D eigenvalue weighted by atomic mass is 10.1. The highest BCUT2D eigenvalue weighted by Crippen LogP contribution is 2.07. The summed E-state index contributed by atoms with van der Waals surface area (Å²) in [4.78, 5) is 12.4. The van der Waals surface area contributed by atoms with Gasteiger partial charge >= 0.3 is 5.97 Å². The van der Waals surface area contributed by atoms with Crippen molar-refractivity contribution in [3.63, 3.8) is 0 Å². The Morgan fingerprint density at radius 3 is 2.00 bits per heavy atom. The first kappa shape index (κ1) is 18.4. The maximum absolute atomic E-state index is 10.1. The van der Waals surface area contributed by atoms with E-state index in [9.17, 15) is 4.79 Å². The molecule has 1 heterocycles. The molecule has 0 aromatic rings. The van der Waals surface area contributed by atoms with Gasteiger partial charge in [-0.25, -0.2) is 0 Å². The molecule has 0 radical (unpaired) electrons. The van der Waals surface area contributed by atoms with E-state index >= 15 is 0 Å². The number of carboxylic acid groups (broad SMARTS) is 1. The van der Waals surface area contributed by atoms with Crippen LogP contribution in [0.3, 0.4) is 0 Å². The Labute approximate surface area is 118 Å². The monoisotopic (exact) mass is 273 g/mol. The zero-order chi connectivity index (χ0) is 14.3. The van der Waals surface area contributed by atoms with Gasteiger partial charge < -0.3 is 14.7 Å². The molecule has 1 saturated heterocycles. The van der Waals surface area contributed by atoms with Gasteiger partial charge in [0, 0.05) is 19.5 Å². The molecule has 1 N–H and O–H groups in total. The number of carboxylic acids is 1. The van der Waals surface area contributed by atoms with Crippen LogP contribution < -0.4 is 0 Å². The normalized spacial score (nSPS) is 15.7. The second-order valence-electron chi connectivity index (χ2n) is 5.18. The van der Waals surface area contributed by atoms with Crippen molar-refractivity contribution in [1.29, 1.82) is 0 Å². The molecule has 0 spiro atoms. The highest BCUT2D eigenvalue weighted by Gasteiger charge is 2.02. The minimum atomic E-state index is -0.663. The minimum absolute atomic E-state index is 0.341. The van der Waals surface area contributed by atoms with Gasteiger partial charge in [-0.05, 0) is 13.5 Å². The average Bonchev–Trinajstić information content (AvgIpc) is 2.39. The third-order valence-corrected chi connectivity index (χ3v) is 3.23. The van der Waals surface area contributed by atoms with Crippen LogP contribution in [0.1, 0.15) is 58.3 Å². The topological polar surface area (TPSA) is 49.8 Å². The highest BCUT2D eigenvalue weighted by atomic mass is 16.5. The standard InChI is InChI=1S/C10H20O2.C5H11NO/c1-2-3-4-5-6-7-8-9-10(11)12;1-6-2-4-7-5-3-6/h2-9H2,1H3,(H,11,12);2-5H2,1H3. The number of carbonyl (C=O) groups is 1. The summed E-state index contributed by atoms with van der Waals surface area (Å²) in [5.41, 5.74) is 0. The number of morpholine rings is 1. The largest absolute Gasteiger partial charge is 0.481 e. The molecular formula is C15H31NO3. The smallest absolute Gasteiger partial charge is 0.303 e. The van der Waals surface area contributed by atoms with Crippen molar-refractivity contribution in [1.82, 2.24) is 4.90 Å². The Hall–Kier alpha value is -0.610. The van der Waals surface area contributed by atoms with E-state index in [1.54, 1.807) is 0 Å². The molecule has 19 heavy (non-hydrogen) atoms. The third-order valence-electron chi connectivity index (χ3n) is 3.23. The summed E-state index contributed by atoms with van der Waals surface area (Å²) < 4.78 is 5.10. The minimum Gasteiger partial charge on any atom is -0.481 e. The summed E-state index contributed by atoms with van der Waals surface area (Å²) in [6.45, 7) is 6.22. The van der Waals surface area contributed by atoms with Crippen molar-refractivity contribution < 1.29 is 14.6 Å². The summed E-state index contributed by atoms with van der Waals surface area (Å²) in [6.07, 6.45) is 8.64. The molecule has 0 amide bonds. The molecule has 1 aliphatic rings. The van der Waals surface area contributed by atoms with E-state index in [-0.39, 0.29) is 0 Å². The number of ether oxygens (including phenoxy) is 1. The van der Waals surface area contributed by atoms with Gasteiger partial charge in [-0.1, -0.05) is 45.4 Å². The molecule has 0 unspecified atom stereocenters. The maximum Gasteiger partial charge on any atom is 0.303 e. The first-order valence-corrected chi connectivity index (χ1v) is 7.65. The zero-order valence-electron chi connectivity index (χ0n) is 12.7. The van der Waals surface area contributed by atoms with Gasteiger partial charge in [0.1, 0.15) is 0 Å². The second-order valence-corrected chi connectivity index (χ2v) is 5.18. The number of aliphatic carboxylic acids is 1. The van der Waals surface area contributed by atoms with E-state index < -0.39 is 5.97 Å². The molecule has 114 valence electrons. The van der Waals surface area contributed by atoms with E-state index in [0.717, 1.165) is 39.1 Å². The Kier molecular flexibility index (Phi) is 13.4. The number of hydrogen-bond acceptors (Lipinski definition) is 3. The van der Waals surface area contributed by atoms with Crippen LogP contribution in [0.4, 0.5) is 0 Å². The molecule has 0 aliphatic carbocycles. The van der Waals surface area contributed by atoms with E-state index in [0.29, 0.717) is 6.42 Å². The molecule has 0 aromatic carbocycles. The molecule has 0 bridgehead atoms. The average molecular weight is 273 g/mol. The van der Waals surface area contributed by atoms with Crippen molar-refractivity contribution in [3.8, 4) is 0 Å². The Morgan fingerprint density at radius 1 is 1.05 bits per heavy atom. The predicted octanol–water partition coefficient (Wildman–Crippen LogP) is 3.16. The van der Waals surface area contributed by atoms with Gasteiger partial charge in [-0.2, -0.15) is 0 Å². The molecule has 1 fully saturated rings. The summed E-state index contributed by atoms with van der Waals surface area (Å²) in [5.74, 6) is -0.663. The van der Waals surface area contributed by atoms with Crippen LogP contribution in [0.15, 0.2) is 0 Å². The molecule has 4 heteroatoms. The van der Waals surface area contributed by atoms with Crippen molar-refractivity contribution in [2.45, 2.75) is 58.3 Å². The molecule has 4 nitrogen and oxygen atoms in total. The fourth-order valence-electron chi connectivity index (χ4n) is 1.89. The summed E-state index contributed by atoms with van der Waals surface area (Å²) >= 11 is 0. The van der Waals surface area contributed by atoms with Gasteiger partial charge in [-0.3, -0.25) is 4.79 Å². The molecular weight excluding hydrogens is 242 g/mol. The van der Waals surface area contributed by atoms with Crippen LogP contribution in [0, 0.1) is 0 Å². The number of rotatable bonds is 8. The van der Waals surface area contributed by atoms with Gasteiger partial charge in [0.25, 0.3) is 0 Å². The van der Waals surface area contributed by atoms with Gasteiger partial charge in [0.15, 0.2) is 0 Å². The maximum atomic E-state index is 10.1. The van der Waals surface area contributed by atoms with E-state index in [4.69, 9.17) is 9.84 Å². The van der Waals surface area contributed by atoms with E-state index in [2.05, 4.69) is 18.9 Å². The Bertz CT molecular complexity index is 204. The van der Waals surface area contributed by atoms with Gasteiger partial charge in [0.05, 0.1) is 13.2 Å². The van der Waals surface area contributed by atoms with Crippen molar-refractivity contribution in [2.75, 3.05) is 33.4 Å². The zero-order valence-corrected chi connectivity index (χ0v) is 12.7. The van der Waals surface area contributed by atoms with Crippen LogP contribution in [0.5, 0.6) is 0 Å². The number of likely N-dealkylation sites (N-methyl/N-ethyl adjacent to an activating group) is 1. The van der Waals surface area contributed by atoms with Gasteiger partial charge in [0.2, 0.25) is 0 Å². The van der Waals surface area contributed by atoms with Crippen molar-refractivity contribution >= 4 is 5.97 Å². The van der Waals surface area contributed by atoms with Crippen LogP contribution in [-0.4, -0.2) is 49.3 Å². The molecule has 1 aliphatic heterocycles. The fraction of sp³-hybridized carbons (Fsp3) is 0.933. The Balaban J connectivity index is 0.000000388. The summed E-state index contributed by atoms with van der Waals surface area (Å²) in [6, 6.07) is 0. The first-order valence-electron chi connectivity index (χ1n) is 7.65. The fourth-order valence-corrected chi connectivity index (χ4v) is 1.89.